The van der Waals surface area contributed by atoms with Gasteiger partial charge in [0.25, 0.3) is 0 Å². The van der Waals surface area contributed by atoms with Gasteiger partial charge in [0.1, 0.15) is 0 Å². The van der Waals surface area contributed by atoms with E-state index in [9.17, 15) is 0 Å². The zero-order valence-electron chi connectivity index (χ0n) is 16.2. The fourth-order valence-electron chi connectivity index (χ4n) is 4.92. The topological polar surface area (TPSA) is 20.2 Å². The molecule has 30 heavy (non-hydrogen) atoms. The van der Waals surface area contributed by atoms with Gasteiger partial charge in [0, 0.05) is 27.9 Å². The average molecular weight is 406 g/mol. The van der Waals surface area contributed by atoms with E-state index in [1.807, 2.05) is 11.8 Å². The van der Waals surface area contributed by atoms with Crippen LogP contribution in [0.4, 0.5) is 17.1 Å². The van der Waals surface area contributed by atoms with Gasteiger partial charge in [-0.2, -0.15) is 0 Å². The van der Waals surface area contributed by atoms with E-state index in [0.29, 0.717) is 0 Å². The van der Waals surface area contributed by atoms with Crippen molar-refractivity contribution in [3.8, 4) is 5.69 Å². The molecule has 0 saturated carbocycles. The van der Waals surface area contributed by atoms with Crippen molar-refractivity contribution < 1.29 is 0 Å². The maximum absolute atomic E-state index is 3.75. The van der Waals surface area contributed by atoms with E-state index in [2.05, 4.69) is 106 Å². The molecule has 1 atom stereocenters. The highest BCUT2D eigenvalue weighted by molar-refractivity contribution is 7.99. The first-order valence-corrected chi connectivity index (χ1v) is 11.3. The van der Waals surface area contributed by atoms with Crippen LogP contribution in [0.5, 0.6) is 0 Å². The SMILES string of the molecule is c1ccc2c(c1)CSC1Nc3cc(-n4c5ccccc5c5ccccc54)ccc3N21. The van der Waals surface area contributed by atoms with E-state index < -0.39 is 0 Å². The first kappa shape index (κ1) is 16.4. The van der Waals surface area contributed by atoms with Gasteiger partial charge in [-0.1, -0.05) is 54.6 Å². The van der Waals surface area contributed by atoms with Crippen LogP contribution in [-0.2, 0) is 5.75 Å². The van der Waals surface area contributed by atoms with Gasteiger partial charge >= 0.3 is 0 Å². The Bertz CT molecular complexity index is 1400. The molecule has 4 aromatic carbocycles. The fraction of sp³-hybridized carbons (Fsp3) is 0.0769. The molecule has 0 spiro atoms. The van der Waals surface area contributed by atoms with Gasteiger partial charge in [-0.05, 0) is 42.0 Å². The molecule has 0 amide bonds. The Morgan fingerprint density at radius 3 is 2.23 bits per heavy atom. The van der Waals surface area contributed by atoms with Crippen molar-refractivity contribution in [2.24, 2.45) is 0 Å². The summed E-state index contributed by atoms with van der Waals surface area (Å²) in [4.78, 5) is 2.44. The number of thioether (sulfide) groups is 1. The Morgan fingerprint density at radius 1 is 0.733 bits per heavy atom. The molecule has 1 unspecified atom stereocenters. The predicted octanol–water partition coefficient (Wildman–Crippen LogP) is 6.88. The minimum atomic E-state index is 0.253. The standard InChI is InChI=1S/C26H19N3S/c1-4-10-22-17(7-1)16-30-26-27-21-15-18(13-14-25(21)29(22)26)28-23-11-5-2-8-19(23)20-9-3-6-12-24(20)28/h1-15,26-27H,16H2. The van der Waals surface area contributed by atoms with Crippen LogP contribution < -0.4 is 10.2 Å². The first-order valence-electron chi connectivity index (χ1n) is 10.3. The quantitative estimate of drug-likeness (QED) is 0.328. The second-order valence-corrected chi connectivity index (χ2v) is 8.95. The van der Waals surface area contributed by atoms with Crippen LogP contribution in [0.2, 0.25) is 0 Å². The minimum absolute atomic E-state index is 0.253. The van der Waals surface area contributed by atoms with Gasteiger partial charge in [-0.15, -0.1) is 11.8 Å². The normalized spacial score (nSPS) is 16.9. The van der Waals surface area contributed by atoms with E-state index in [4.69, 9.17) is 0 Å². The minimum Gasteiger partial charge on any atom is -0.355 e. The summed E-state index contributed by atoms with van der Waals surface area (Å²) < 4.78 is 2.38. The zero-order valence-corrected chi connectivity index (χ0v) is 17.1. The Balaban J connectivity index is 1.43. The highest BCUT2D eigenvalue weighted by Crippen LogP contribution is 2.49. The molecule has 1 N–H and O–H groups in total. The molecular weight excluding hydrogens is 386 g/mol. The molecule has 2 aliphatic heterocycles. The van der Waals surface area contributed by atoms with Crippen molar-refractivity contribution in [1.29, 1.82) is 0 Å². The van der Waals surface area contributed by atoms with Crippen LogP contribution in [0.1, 0.15) is 5.56 Å². The van der Waals surface area contributed by atoms with E-state index in [0.717, 1.165) is 5.75 Å². The number of para-hydroxylation sites is 3. The Labute approximate surface area is 178 Å². The van der Waals surface area contributed by atoms with Crippen LogP contribution in [0.15, 0.2) is 91.0 Å². The smallest absolute Gasteiger partial charge is 0.153 e. The van der Waals surface area contributed by atoms with Crippen molar-refractivity contribution >= 4 is 50.6 Å². The van der Waals surface area contributed by atoms with Gasteiger partial charge in [-0.25, -0.2) is 0 Å². The fourth-order valence-corrected chi connectivity index (χ4v) is 6.09. The second kappa shape index (κ2) is 6.07. The zero-order chi connectivity index (χ0) is 19.7. The van der Waals surface area contributed by atoms with E-state index in [1.54, 1.807) is 0 Å². The molecule has 5 aromatic rings. The number of fused-ring (bicyclic) bond motifs is 8. The molecule has 0 bridgehead atoms. The average Bonchev–Trinajstić information content (AvgIpc) is 3.34. The molecule has 4 heteroatoms. The summed E-state index contributed by atoms with van der Waals surface area (Å²) in [7, 11) is 0. The molecule has 0 saturated heterocycles. The number of aromatic nitrogens is 1. The van der Waals surface area contributed by atoms with Crippen LogP contribution in [-0.4, -0.2) is 10.1 Å². The van der Waals surface area contributed by atoms with Gasteiger partial charge in [0.2, 0.25) is 0 Å². The Morgan fingerprint density at radius 2 is 1.43 bits per heavy atom. The Kier molecular flexibility index (Phi) is 3.32. The summed E-state index contributed by atoms with van der Waals surface area (Å²) in [6.07, 6.45) is 0. The lowest BCUT2D eigenvalue weighted by Crippen LogP contribution is -2.32. The summed E-state index contributed by atoms with van der Waals surface area (Å²) in [6.45, 7) is 0. The van der Waals surface area contributed by atoms with E-state index in [1.165, 1.54) is 50.1 Å². The molecule has 1 aromatic heterocycles. The van der Waals surface area contributed by atoms with Crippen molar-refractivity contribution in [2.45, 2.75) is 11.3 Å². The molecule has 144 valence electrons. The number of nitrogens with one attached hydrogen (secondary N) is 1. The molecule has 3 heterocycles. The second-order valence-electron chi connectivity index (χ2n) is 7.88. The van der Waals surface area contributed by atoms with Crippen LogP contribution in [0.25, 0.3) is 27.5 Å². The third kappa shape index (κ3) is 2.17. The van der Waals surface area contributed by atoms with Crippen LogP contribution >= 0.6 is 11.8 Å². The van der Waals surface area contributed by atoms with Crippen molar-refractivity contribution in [2.75, 3.05) is 10.2 Å². The predicted molar refractivity (Wildman–Crippen MR) is 128 cm³/mol. The highest BCUT2D eigenvalue weighted by atomic mass is 32.2. The summed E-state index contributed by atoms with van der Waals surface area (Å²) in [5, 5.41) is 6.34. The van der Waals surface area contributed by atoms with E-state index >= 15 is 0 Å². The largest absolute Gasteiger partial charge is 0.355 e. The number of benzene rings is 4. The number of nitrogens with zero attached hydrogens (tertiary/aromatic N) is 2. The van der Waals surface area contributed by atoms with Gasteiger partial charge in [-0.3, -0.25) is 0 Å². The number of rotatable bonds is 1. The summed E-state index contributed by atoms with van der Waals surface area (Å²) in [6, 6.07) is 32.9. The summed E-state index contributed by atoms with van der Waals surface area (Å²) in [5.74, 6) is 1.04. The van der Waals surface area contributed by atoms with Crippen molar-refractivity contribution in [3.05, 3.63) is 96.6 Å². The summed E-state index contributed by atoms with van der Waals surface area (Å²) in [5.41, 5.74) is 9.10. The van der Waals surface area contributed by atoms with Gasteiger partial charge in [0.05, 0.1) is 22.4 Å². The monoisotopic (exact) mass is 405 g/mol. The molecular formula is C26H19N3S. The lowest BCUT2D eigenvalue weighted by Gasteiger charge is -2.32. The third-order valence-electron chi connectivity index (χ3n) is 6.24. The maximum atomic E-state index is 3.75. The molecule has 7 rings (SSSR count). The number of hydrogen-bond acceptors (Lipinski definition) is 3. The van der Waals surface area contributed by atoms with Gasteiger partial charge in [0.15, 0.2) is 5.50 Å². The van der Waals surface area contributed by atoms with E-state index in [-0.39, 0.29) is 5.50 Å². The lowest BCUT2D eigenvalue weighted by atomic mass is 10.1. The molecule has 0 aliphatic carbocycles. The lowest BCUT2D eigenvalue weighted by molar-refractivity contribution is 0.995. The first-order chi connectivity index (χ1) is 14.9. The number of anilines is 3. The molecule has 3 nitrogen and oxygen atoms in total. The van der Waals surface area contributed by atoms with Crippen molar-refractivity contribution in [3.63, 3.8) is 0 Å². The van der Waals surface area contributed by atoms with Crippen LogP contribution in [0.3, 0.4) is 0 Å². The summed E-state index contributed by atoms with van der Waals surface area (Å²) >= 11 is 1.95. The highest BCUT2D eigenvalue weighted by Gasteiger charge is 2.34. The Hall–Kier alpha value is -3.37. The molecule has 2 aliphatic rings. The maximum Gasteiger partial charge on any atom is 0.153 e. The molecule has 0 radical (unpaired) electrons. The van der Waals surface area contributed by atoms with Crippen LogP contribution in [0, 0.1) is 0 Å². The third-order valence-corrected chi connectivity index (χ3v) is 7.36. The number of hydrogen-bond donors (Lipinski definition) is 1. The van der Waals surface area contributed by atoms with Crippen molar-refractivity contribution in [1.82, 2.24) is 4.57 Å². The molecule has 0 fully saturated rings. The van der Waals surface area contributed by atoms with Gasteiger partial charge < -0.3 is 14.8 Å².